The summed E-state index contributed by atoms with van der Waals surface area (Å²) in [6.07, 6.45) is 0. The van der Waals surface area contributed by atoms with Crippen molar-refractivity contribution in [2.24, 2.45) is 5.92 Å². The Kier molecular flexibility index (Phi) is 9.26. The van der Waals surface area contributed by atoms with E-state index in [-0.39, 0.29) is 18.5 Å². The third-order valence-electron chi connectivity index (χ3n) is 7.92. The number of para-hydroxylation sites is 2. The first-order valence-corrected chi connectivity index (χ1v) is 15.7. The van der Waals surface area contributed by atoms with E-state index in [4.69, 9.17) is 4.74 Å². The van der Waals surface area contributed by atoms with Gasteiger partial charge in [-0.3, -0.25) is 4.79 Å². The van der Waals surface area contributed by atoms with Crippen molar-refractivity contribution in [2.75, 3.05) is 9.80 Å². The van der Waals surface area contributed by atoms with Gasteiger partial charge in [0.05, 0.1) is 5.92 Å². The Bertz CT molecular complexity index is 1870. The third-order valence-corrected chi connectivity index (χ3v) is 7.92. The van der Waals surface area contributed by atoms with Gasteiger partial charge in [-0.05, 0) is 102 Å². The fraction of sp³-hybridized carbons (Fsp3) is 0.119. The van der Waals surface area contributed by atoms with E-state index in [1.54, 1.807) is 0 Å². The molecule has 0 bridgehead atoms. The Morgan fingerprint density at radius 3 is 1.39 bits per heavy atom. The van der Waals surface area contributed by atoms with Crippen molar-refractivity contribution < 1.29 is 9.53 Å². The van der Waals surface area contributed by atoms with Crippen molar-refractivity contribution >= 4 is 40.1 Å². The van der Waals surface area contributed by atoms with Gasteiger partial charge >= 0.3 is 5.97 Å². The van der Waals surface area contributed by atoms with Crippen LogP contribution in [0.3, 0.4) is 0 Å². The highest BCUT2D eigenvalue weighted by atomic mass is 16.5. The van der Waals surface area contributed by atoms with E-state index in [0.717, 1.165) is 50.8 Å². The van der Waals surface area contributed by atoms with Gasteiger partial charge in [-0.15, -0.1) is 0 Å². The zero-order chi connectivity index (χ0) is 31.9. The number of carbonyl (C=O) groups excluding carboxylic acids is 1. The van der Waals surface area contributed by atoms with Crippen LogP contribution in [0.5, 0.6) is 0 Å². The normalized spacial score (nSPS) is 10.9. The van der Waals surface area contributed by atoms with Crippen molar-refractivity contribution in [3.8, 4) is 11.1 Å². The summed E-state index contributed by atoms with van der Waals surface area (Å²) in [4.78, 5) is 16.5. The number of nitrogens with zero attached hydrogens (tertiary/aromatic N) is 2. The van der Waals surface area contributed by atoms with Crippen LogP contribution in [0.1, 0.15) is 25.0 Å². The molecule has 0 aliphatic rings. The average Bonchev–Trinajstić information content (AvgIpc) is 3.10. The largest absolute Gasteiger partial charge is 0.461 e. The standard InChI is InChI=1S/C42H38N2O2/c1-31(2)42(45)46-30-33-17-23-38(24-18-33)43(36-12-6-4-7-13-36)39-25-19-34(20-26-39)35-21-27-40(28-22-35)44(37-14-8-5-9-15-37)41-16-10-11-32(3)29-41/h4-29,31H,30H2,1-3H3. The van der Waals surface area contributed by atoms with Gasteiger partial charge in [0.25, 0.3) is 0 Å². The molecule has 0 radical (unpaired) electrons. The van der Waals surface area contributed by atoms with Crippen LogP contribution < -0.4 is 9.80 Å². The number of esters is 1. The van der Waals surface area contributed by atoms with E-state index < -0.39 is 0 Å². The highest BCUT2D eigenvalue weighted by Crippen LogP contribution is 2.38. The summed E-state index contributed by atoms with van der Waals surface area (Å²) in [7, 11) is 0. The lowest BCUT2D eigenvalue weighted by molar-refractivity contribution is -0.148. The van der Waals surface area contributed by atoms with Gasteiger partial charge in [-0.25, -0.2) is 0 Å². The second kappa shape index (κ2) is 14.0. The molecule has 0 amide bonds. The molecule has 0 aromatic heterocycles. The lowest BCUT2D eigenvalue weighted by Crippen LogP contribution is -2.12. The molecule has 0 unspecified atom stereocenters. The monoisotopic (exact) mass is 602 g/mol. The zero-order valence-electron chi connectivity index (χ0n) is 26.5. The molecule has 0 saturated carbocycles. The Morgan fingerprint density at radius 2 is 0.935 bits per heavy atom. The molecule has 0 N–H and O–H groups in total. The van der Waals surface area contributed by atoms with Crippen molar-refractivity contribution in [3.05, 3.63) is 169 Å². The van der Waals surface area contributed by atoms with Crippen LogP contribution in [0.25, 0.3) is 11.1 Å². The van der Waals surface area contributed by atoms with Crippen LogP contribution in [0.4, 0.5) is 34.1 Å². The van der Waals surface area contributed by atoms with Crippen LogP contribution in [0, 0.1) is 12.8 Å². The zero-order valence-corrected chi connectivity index (χ0v) is 26.5. The molecule has 4 nitrogen and oxygen atoms in total. The molecule has 0 atom stereocenters. The molecule has 0 heterocycles. The number of hydrogen-bond donors (Lipinski definition) is 0. The molecule has 0 aliphatic carbocycles. The Morgan fingerprint density at radius 1 is 0.522 bits per heavy atom. The molecular formula is C42H38N2O2. The number of hydrogen-bond acceptors (Lipinski definition) is 4. The number of rotatable bonds is 10. The molecule has 0 fully saturated rings. The molecule has 6 rings (SSSR count). The molecule has 228 valence electrons. The lowest BCUT2D eigenvalue weighted by Gasteiger charge is -2.26. The average molecular weight is 603 g/mol. The lowest BCUT2D eigenvalue weighted by atomic mass is 10.0. The summed E-state index contributed by atoms with van der Waals surface area (Å²) >= 11 is 0. The SMILES string of the molecule is Cc1cccc(N(c2ccccc2)c2ccc(-c3ccc(N(c4ccccc4)c4ccc(COC(=O)C(C)C)cc4)cc3)cc2)c1. The molecule has 46 heavy (non-hydrogen) atoms. The van der Waals surface area contributed by atoms with E-state index in [0.29, 0.717) is 0 Å². The van der Waals surface area contributed by atoms with Crippen molar-refractivity contribution in [1.82, 2.24) is 0 Å². The topological polar surface area (TPSA) is 32.8 Å². The molecule has 6 aromatic rings. The quantitative estimate of drug-likeness (QED) is 0.146. The number of benzene rings is 6. The molecule has 0 spiro atoms. The third kappa shape index (κ3) is 7.03. The summed E-state index contributed by atoms with van der Waals surface area (Å²) in [6.45, 7) is 6.08. The van der Waals surface area contributed by atoms with Gasteiger partial charge in [0.2, 0.25) is 0 Å². The Labute approximate surface area is 272 Å². The van der Waals surface area contributed by atoms with Gasteiger partial charge in [-0.1, -0.05) is 98.8 Å². The van der Waals surface area contributed by atoms with Crippen molar-refractivity contribution in [3.63, 3.8) is 0 Å². The minimum Gasteiger partial charge on any atom is -0.461 e. The molecule has 4 heteroatoms. The molecule has 0 aliphatic heterocycles. The van der Waals surface area contributed by atoms with Gasteiger partial charge < -0.3 is 14.5 Å². The predicted molar refractivity (Wildman–Crippen MR) is 191 cm³/mol. The maximum absolute atomic E-state index is 11.9. The van der Waals surface area contributed by atoms with Gasteiger partial charge in [-0.2, -0.15) is 0 Å². The second-order valence-electron chi connectivity index (χ2n) is 11.7. The van der Waals surface area contributed by atoms with Crippen LogP contribution in [0.15, 0.2) is 158 Å². The highest BCUT2D eigenvalue weighted by molar-refractivity contribution is 5.81. The number of ether oxygens (including phenoxy) is 1. The first kappa shape index (κ1) is 30.4. The van der Waals surface area contributed by atoms with Crippen LogP contribution in [0.2, 0.25) is 0 Å². The van der Waals surface area contributed by atoms with Crippen molar-refractivity contribution in [1.29, 1.82) is 0 Å². The summed E-state index contributed by atoms with van der Waals surface area (Å²) in [5.41, 5.74) is 11.0. The van der Waals surface area contributed by atoms with Gasteiger partial charge in [0, 0.05) is 34.1 Å². The summed E-state index contributed by atoms with van der Waals surface area (Å²) in [5, 5.41) is 0. The molecular weight excluding hydrogens is 564 g/mol. The van der Waals surface area contributed by atoms with E-state index >= 15 is 0 Å². The van der Waals surface area contributed by atoms with E-state index in [1.807, 2.05) is 50.2 Å². The first-order valence-electron chi connectivity index (χ1n) is 15.7. The minimum atomic E-state index is -0.190. The van der Waals surface area contributed by atoms with E-state index in [2.05, 4.69) is 138 Å². The maximum atomic E-state index is 11.9. The summed E-state index contributed by atoms with van der Waals surface area (Å²) < 4.78 is 5.43. The Hall–Kier alpha value is -5.61. The van der Waals surface area contributed by atoms with Crippen LogP contribution in [-0.4, -0.2) is 5.97 Å². The van der Waals surface area contributed by atoms with Crippen LogP contribution in [-0.2, 0) is 16.1 Å². The van der Waals surface area contributed by atoms with E-state index in [1.165, 1.54) is 5.56 Å². The first-order chi connectivity index (χ1) is 22.5. The minimum absolute atomic E-state index is 0.142. The smallest absolute Gasteiger partial charge is 0.308 e. The molecule has 0 saturated heterocycles. The molecule has 6 aromatic carbocycles. The number of carbonyl (C=O) groups is 1. The predicted octanol–water partition coefficient (Wildman–Crippen LogP) is 11.3. The van der Waals surface area contributed by atoms with Gasteiger partial charge in [0.15, 0.2) is 0 Å². The summed E-state index contributed by atoms with van der Waals surface area (Å²) in [5.74, 6) is -0.333. The highest BCUT2D eigenvalue weighted by Gasteiger charge is 2.15. The van der Waals surface area contributed by atoms with Gasteiger partial charge in [0.1, 0.15) is 6.61 Å². The fourth-order valence-corrected chi connectivity index (χ4v) is 5.48. The maximum Gasteiger partial charge on any atom is 0.308 e. The fourth-order valence-electron chi connectivity index (χ4n) is 5.48. The van der Waals surface area contributed by atoms with Crippen LogP contribution >= 0.6 is 0 Å². The second-order valence-corrected chi connectivity index (χ2v) is 11.7. The summed E-state index contributed by atoms with van der Waals surface area (Å²) in [6, 6.07) is 55.0. The Balaban J connectivity index is 1.26. The number of aryl methyl sites for hydroxylation is 1. The number of anilines is 6. The van der Waals surface area contributed by atoms with Crippen molar-refractivity contribution in [2.45, 2.75) is 27.4 Å². The van der Waals surface area contributed by atoms with E-state index in [9.17, 15) is 4.79 Å².